The van der Waals surface area contributed by atoms with Gasteiger partial charge in [-0.05, 0) is 13.8 Å². The lowest BCUT2D eigenvalue weighted by molar-refractivity contribution is -0.142. The Bertz CT molecular complexity index is 803. The zero-order chi connectivity index (χ0) is 20.1. The van der Waals surface area contributed by atoms with Crippen molar-refractivity contribution < 1.29 is 28.7 Å². The Hall–Kier alpha value is -2.69. The lowest BCUT2D eigenvalue weighted by Crippen LogP contribution is -2.29. The molecule has 1 aromatic rings. The first kappa shape index (κ1) is 20.6. The third kappa shape index (κ3) is 4.73. The molecule has 1 fully saturated rings. The van der Waals surface area contributed by atoms with Crippen molar-refractivity contribution in [3.8, 4) is 0 Å². The minimum absolute atomic E-state index is 0.0254. The second kappa shape index (κ2) is 8.80. The molecule has 2 rings (SSSR count). The van der Waals surface area contributed by atoms with Gasteiger partial charge in [-0.2, -0.15) is 0 Å². The summed E-state index contributed by atoms with van der Waals surface area (Å²) in [4.78, 5) is 57.1. The molecule has 146 valence electrons. The van der Waals surface area contributed by atoms with Gasteiger partial charge in [0.15, 0.2) is 16.7 Å². The van der Waals surface area contributed by atoms with Crippen LogP contribution in [-0.4, -0.2) is 69.3 Å². The van der Waals surface area contributed by atoms with Crippen molar-refractivity contribution in [2.24, 2.45) is 4.99 Å². The van der Waals surface area contributed by atoms with Crippen LogP contribution in [0, 0.1) is 0 Å². The highest BCUT2D eigenvalue weighted by Gasteiger charge is 2.37. The summed E-state index contributed by atoms with van der Waals surface area (Å²) in [7, 11) is 2.76. The van der Waals surface area contributed by atoms with Crippen molar-refractivity contribution in [2.75, 3.05) is 20.8 Å². The van der Waals surface area contributed by atoms with E-state index >= 15 is 0 Å². The van der Waals surface area contributed by atoms with Gasteiger partial charge >= 0.3 is 11.9 Å². The number of ketones is 1. The molecule has 1 aliphatic rings. The summed E-state index contributed by atoms with van der Waals surface area (Å²) in [5.41, 5.74) is 0.0254. The maximum atomic E-state index is 12.3. The van der Waals surface area contributed by atoms with Crippen LogP contribution in [0.5, 0.6) is 0 Å². The minimum Gasteiger partial charge on any atom is -0.469 e. The summed E-state index contributed by atoms with van der Waals surface area (Å²) < 4.78 is 11.0. The van der Waals surface area contributed by atoms with Gasteiger partial charge in [-0.1, -0.05) is 11.8 Å². The number of amidine groups is 1. The van der Waals surface area contributed by atoms with Crippen LogP contribution < -0.4 is 0 Å². The lowest BCUT2D eigenvalue weighted by atomic mass is 10.3. The van der Waals surface area contributed by atoms with Gasteiger partial charge in [0.2, 0.25) is 5.91 Å². The van der Waals surface area contributed by atoms with Crippen LogP contribution in [0.25, 0.3) is 0 Å². The molecule has 0 saturated carbocycles. The zero-order valence-electron chi connectivity index (χ0n) is 15.4. The average Bonchev–Trinajstić information content (AvgIpc) is 3.11. The van der Waals surface area contributed by atoms with E-state index in [2.05, 4.69) is 14.7 Å². The summed E-state index contributed by atoms with van der Waals surface area (Å²) >= 11 is 1.08. The molecular formula is C16H20N4O6S. The van der Waals surface area contributed by atoms with Crippen molar-refractivity contribution in [2.45, 2.75) is 32.1 Å². The molecule has 1 unspecified atom stereocenters. The highest BCUT2D eigenvalue weighted by Crippen LogP contribution is 2.31. The van der Waals surface area contributed by atoms with Crippen molar-refractivity contribution in [3.63, 3.8) is 0 Å². The fourth-order valence-electron chi connectivity index (χ4n) is 2.34. The van der Waals surface area contributed by atoms with Crippen LogP contribution in [0.2, 0.25) is 0 Å². The Morgan fingerprint density at radius 3 is 2.67 bits per heavy atom. The molecule has 0 bridgehead atoms. The Morgan fingerprint density at radius 1 is 1.37 bits per heavy atom. The first-order valence-electron chi connectivity index (χ1n) is 8.09. The third-order valence-corrected chi connectivity index (χ3v) is 4.83. The van der Waals surface area contributed by atoms with Crippen molar-refractivity contribution >= 4 is 46.4 Å². The smallest absolute Gasteiger partial charge is 0.358 e. The van der Waals surface area contributed by atoms with Gasteiger partial charge in [0.25, 0.3) is 0 Å². The predicted octanol–water partition coefficient (Wildman–Crippen LogP) is 0.773. The fourth-order valence-corrected chi connectivity index (χ4v) is 3.46. The van der Waals surface area contributed by atoms with Gasteiger partial charge in [0, 0.05) is 7.05 Å². The maximum Gasteiger partial charge on any atom is 0.358 e. The van der Waals surface area contributed by atoms with Crippen LogP contribution in [-0.2, 0) is 30.4 Å². The summed E-state index contributed by atoms with van der Waals surface area (Å²) in [6.07, 6.45) is 1.23. The SMILES string of the molecule is CCOC(=O)c1c(N=C2SC(CC(=O)OC)C(=O)N2C)ncn1CC(C)=O. The number of ether oxygens (including phenoxy) is 2. The van der Waals surface area contributed by atoms with Crippen LogP contribution in [0.4, 0.5) is 5.82 Å². The zero-order valence-corrected chi connectivity index (χ0v) is 16.2. The maximum absolute atomic E-state index is 12.3. The number of aliphatic imine (C=N–C) groups is 1. The molecule has 11 heteroatoms. The molecule has 1 aliphatic heterocycles. The van der Waals surface area contributed by atoms with Crippen LogP contribution in [0.3, 0.4) is 0 Å². The van der Waals surface area contributed by atoms with E-state index in [4.69, 9.17) is 4.74 Å². The van der Waals surface area contributed by atoms with Crippen LogP contribution in [0.15, 0.2) is 11.3 Å². The molecule has 0 aromatic carbocycles. The summed E-state index contributed by atoms with van der Waals surface area (Å²) in [5.74, 6) is -1.61. The van der Waals surface area contributed by atoms with Gasteiger partial charge in [0.1, 0.15) is 11.0 Å². The number of methoxy groups -OCH3 is 1. The van der Waals surface area contributed by atoms with Gasteiger partial charge < -0.3 is 14.0 Å². The second-order valence-corrected chi connectivity index (χ2v) is 6.82. The number of esters is 2. The standard InChI is InChI=1S/C16H20N4O6S/c1-5-26-15(24)12-13(17-8-20(12)7-9(2)21)18-16-19(3)14(23)10(27-16)6-11(22)25-4/h8,10H,5-7H2,1-4H3. The lowest BCUT2D eigenvalue weighted by Gasteiger charge is -2.09. The van der Waals surface area contributed by atoms with E-state index in [1.807, 2.05) is 0 Å². The molecule has 0 spiro atoms. The highest BCUT2D eigenvalue weighted by atomic mass is 32.2. The number of rotatable bonds is 7. The second-order valence-electron chi connectivity index (χ2n) is 5.65. The van der Waals surface area contributed by atoms with E-state index in [1.54, 1.807) is 6.92 Å². The van der Waals surface area contributed by atoms with Gasteiger partial charge in [-0.25, -0.2) is 14.8 Å². The van der Waals surface area contributed by atoms with E-state index in [1.165, 1.54) is 36.9 Å². The summed E-state index contributed by atoms with van der Waals surface area (Å²) in [5, 5.41) is -0.376. The molecule has 1 atom stereocenters. The number of thioether (sulfide) groups is 1. The van der Waals surface area contributed by atoms with Gasteiger partial charge in [0.05, 0.1) is 33.0 Å². The number of hydrogen-bond donors (Lipinski definition) is 0. The largest absolute Gasteiger partial charge is 0.469 e. The molecule has 0 N–H and O–H groups in total. The van der Waals surface area contributed by atoms with E-state index in [0.29, 0.717) is 0 Å². The topological polar surface area (TPSA) is 120 Å². The number of nitrogens with zero attached hydrogens (tertiary/aromatic N) is 4. The number of hydrogen-bond acceptors (Lipinski definition) is 9. The average molecular weight is 396 g/mol. The Morgan fingerprint density at radius 2 is 2.07 bits per heavy atom. The van der Waals surface area contributed by atoms with Crippen molar-refractivity contribution in [1.82, 2.24) is 14.5 Å². The fraction of sp³-hybridized carbons (Fsp3) is 0.500. The molecule has 1 amide bonds. The molecule has 10 nitrogen and oxygen atoms in total. The summed E-state index contributed by atoms with van der Waals surface area (Å²) in [6.45, 7) is 3.14. The highest BCUT2D eigenvalue weighted by molar-refractivity contribution is 8.15. The Balaban J connectivity index is 2.36. The van der Waals surface area contributed by atoms with Crippen molar-refractivity contribution in [1.29, 1.82) is 0 Å². The molecule has 27 heavy (non-hydrogen) atoms. The number of aromatic nitrogens is 2. The molecule has 1 saturated heterocycles. The van der Waals surface area contributed by atoms with Crippen LogP contribution in [0.1, 0.15) is 30.8 Å². The van der Waals surface area contributed by atoms with Gasteiger partial charge in [-0.15, -0.1) is 0 Å². The number of imidazole rings is 1. The van der Waals surface area contributed by atoms with E-state index in [-0.39, 0.29) is 47.9 Å². The van der Waals surface area contributed by atoms with Crippen molar-refractivity contribution in [3.05, 3.63) is 12.0 Å². The minimum atomic E-state index is -0.668. The first-order chi connectivity index (χ1) is 12.8. The Kier molecular flexibility index (Phi) is 6.72. The Labute approximate surface area is 159 Å². The molecule has 1 aromatic heterocycles. The first-order valence-corrected chi connectivity index (χ1v) is 8.97. The molecule has 0 aliphatic carbocycles. The molecular weight excluding hydrogens is 376 g/mol. The number of carbonyl (C=O) groups is 4. The predicted molar refractivity (Wildman–Crippen MR) is 96.7 cm³/mol. The molecule has 2 heterocycles. The number of Topliss-reactive ketones (excluding diaryl/α,β-unsaturated/α-hetero) is 1. The monoisotopic (exact) mass is 396 g/mol. The van der Waals surface area contributed by atoms with E-state index in [0.717, 1.165) is 11.8 Å². The molecule has 0 radical (unpaired) electrons. The van der Waals surface area contributed by atoms with Crippen LogP contribution >= 0.6 is 11.8 Å². The third-order valence-electron chi connectivity index (χ3n) is 3.60. The quantitative estimate of drug-likeness (QED) is 0.620. The van der Waals surface area contributed by atoms with E-state index in [9.17, 15) is 19.2 Å². The van der Waals surface area contributed by atoms with E-state index < -0.39 is 17.2 Å². The number of amides is 1. The number of carbonyl (C=O) groups excluding carboxylic acids is 4. The van der Waals surface area contributed by atoms with Gasteiger partial charge in [-0.3, -0.25) is 19.3 Å². The normalized spacial score (nSPS) is 18.1. The summed E-state index contributed by atoms with van der Waals surface area (Å²) in [6, 6.07) is 0.